The number of rotatable bonds is 3. The van der Waals surface area contributed by atoms with Crippen LogP contribution in [0.3, 0.4) is 0 Å². The molecule has 344 valence electrons. The van der Waals surface area contributed by atoms with Gasteiger partial charge in [0, 0.05) is 61.2 Å². The van der Waals surface area contributed by atoms with Gasteiger partial charge in [-0.15, -0.1) is 0 Å². The quantitative estimate of drug-likeness (QED) is 0.157. The average molecular weight is 948 g/mol. The third kappa shape index (κ3) is 4.83. The smallest absolute Gasteiger partial charge is 0.0663 e. The molecular weight excluding hydrogens is 907 g/mol. The molecule has 0 bridgehead atoms. The van der Waals surface area contributed by atoms with Gasteiger partial charge in [-0.05, 0) is 135 Å². The second-order valence-electron chi connectivity index (χ2n) is 21.5. The van der Waals surface area contributed by atoms with Crippen molar-refractivity contribution in [3.05, 3.63) is 247 Å². The molecule has 3 aliphatic rings. The number of para-hydroxylation sites is 3. The zero-order valence-corrected chi connectivity index (χ0v) is 40.5. The largest absolute Gasteiger partial charge is 0.309 e. The molecule has 0 fully saturated rings. The Morgan fingerprint density at radius 2 is 0.720 bits per heavy atom. The zero-order valence-electron chi connectivity index (χ0n) is 40.5. The highest BCUT2D eigenvalue weighted by Gasteiger charge is 2.36. The van der Waals surface area contributed by atoms with Gasteiger partial charge in [-0.3, -0.25) is 0 Å². The maximum absolute atomic E-state index is 2.65. The third-order valence-electron chi connectivity index (χ3n) is 17.9. The van der Waals surface area contributed by atoms with Gasteiger partial charge >= 0.3 is 0 Å². The summed E-state index contributed by atoms with van der Waals surface area (Å²) in [5.41, 5.74) is 16.3. The van der Waals surface area contributed by atoms with Crippen LogP contribution in [0.1, 0.15) is 22.6 Å². The number of nitrogens with zero attached hydrogens (tertiary/aromatic N) is 3. The molecular formula is C72H41N3. The molecule has 75 heavy (non-hydrogen) atoms. The second kappa shape index (κ2) is 13.7. The number of hydrogen-bond acceptors (Lipinski definition) is 0. The fraction of sp³-hybridized carbons (Fsp3) is 0.0278. The Kier molecular flexibility index (Phi) is 7.09. The average Bonchev–Trinajstić information content (AvgIpc) is 4.19. The van der Waals surface area contributed by atoms with E-state index in [1.54, 1.807) is 0 Å². The van der Waals surface area contributed by atoms with Crippen LogP contribution in [0.4, 0.5) is 0 Å². The first kappa shape index (κ1) is 38.9. The van der Waals surface area contributed by atoms with Crippen LogP contribution in [-0.2, 0) is 0 Å². The summed E-state index contributed by atoms with van der Waals surface area (Å²) < 4.78 is 7.89. The molecule has 3 aliphatic carbocycles. The molecule has 3 nitrogen and oxygen atoms in total. The molecule has 2 unspecified atom stereocenters. The van der Waals surface area contributed by atoms with E-state index in [-0.39, 0.29) is 11.8 Å². The second-order valence-corrected chi connectivity index (χ2v) is 21.5. The van der Waals surface area contributed by atoms with Crippen molar-refractivity contribution in [1.82, 2.24) is 13.7 Å². The van der Waals surface area contributed by atoms with Crippen LogP contribution in [-0.4, -0.2) is 13.7 Å². The molecule has 3 heterocycles. The summed E-state index contributed by atoms with van der Waals surface area (Å²) in [6, 6.07) is 76.1. The molecule has 3 heteroatoms. The van der Waals surface area contributed by atoms with E-state index >= 15 is 0 Å². The molecule has 0 amide bonds. The summed E-state index contributed by atoms with van der Waals surface area (Å²) >= 11 is 0. The van der Waals surface area contributed by atoms with Crippen LogP contribution in [0.15, 0.2) is 230 Å². The van der Waals surface area contributed by atoms with Crippen LogP contribution < -0.4 is 0 Å². The van der Waals surface area contributed by atoms with Crippen molar-refractivity contribution >= 4 is 148 Å². The Morgan fingerprint density at radius 1 is 0.320 bits per heavy atom. The Hall–Kier alpha value is -9.70. The van der Waals surface area contributed by atoms with E-state index < -0.39 is 0 Å². The van der Waals surface area contributed by atoms with Gasteiger partial charge in [0.2, 0.25) is 0 Å². The van der Waals surface area contributed by atoms with Crippen molar-refractivity contribution in [2.75, 3.05) is 0 Å². The fourth-order valence-electron chi connectivity index (χ4n) is 15.0. The van der Waals surface area contributed by atoms with E-state index in [1.165, 1.54) is 158 Å². The molecule has 0 aliphatic heterocycles. The molecule has 0 saturated carbocycles. The van der Waals surface area contributed by atoms with Gasteiger partial charge in [0.05, 0.1) is 33.1 Å². The molecule has 19 rings (SSSR count). The Labute approximate surface area is 429 Å². The fourth-order valence-corrected chi connectivity index (χ4v) is 15.0. The highest BCUT2D eigenvalue weighted by atomic mass is 15.1. The van der Waals surface area contributed by atoms with E-state index in [0.29, 0.717) is 0 Å². The first-order valence-electron chi connectivity index (χ1n) is 26.4. The first-order chi connectivity index (χ1) is 37.2. The highest BCUT2D eigenvalue weighted by molar-refractivity contribution is 6.41. The van der Waals surface area contributed by atoms with Crippen molar-refractivity contribution in [3.8, 4) is 11.4 Å². The monoisotopic (exact) mass is 947 g/mol. The SMILES string of the molecule is C1=Cc2cccc3c2C2C1=CC(n1c4ccccc4c4c1c1c5ccccc5n(-c5cc6ccc7cccc8ccc(c5)c6c78)c1c1c5ccccc5n(-c5cc6ccc7cccc8ccc(c5)c6c78)c41)=CC2C=C3. The van der Waals surface area contributed by atoms with Crippen LogP contribution in [0, 0.1) is 5.92 Å². The maximum Gasteiger partial charge on any atom is 0.0663 e. The van der Waals surface area contributed by atoms with Crippen molar-refractivity contribution in [1.29, 1.82) is 0 Å². The van der Waals surface area contributed by atoms with Gasteiger partial charge in [0.15, 0.2) is 0 Å². The van der Waals surface area contributed by atoms with Gasteiger partial charge in [-0.1, -0.05) is 188 Å². The minimum absolute atomic E-state index is 0.209. The van der Waals surface area contributed by atoms with Crippen molar-refractivity contribution in [3.63, 3.8) is 0 Å². The lowest BCUT2D eigenvalue weighted by Gasteiger charge is -2.36. The van der Waals surface area contributed by atoms with Gasteiger partial charge in [-0.2, -0.15) is 0 Å². The number of hydrogen-bond donors (Lipinski definition) is 0. The summed E-state index contributed by atoms with van der Waals surface area (Å²) in [7, 11) is 0. The lowest BCUT2D eigenvalue weighted by molar-refractivity contribution is 0.664. The van der Waals surface area contributed by atoms with Crippen LogP contribution in [0.2, 0.25) is 0 Å². The zero-order chi connectivity index (χ0) is 48.4. The van der Waals surface area contributed by atoms with Gasteiger partial charge in [0.25, 0.3) is 0 Å². The van der Waals surface area contributed by atoms with E-state index in [9.17, 15) is 0 Å². The van der Waals surface area contributed by atoms with Crippen molar-refractivity contribution < 1.29 is 0 Å². The standard InChI is InChI=1S/C72H41N3/c1-4-19-58-55(16-1)67-70(73(58)52-34-46-28-22-40-10-7-11-41-23-29-47(35-52)64(46)61(40)41)68-57-18-3-6-21-60(57)75(54-38-50-32-26-44-14-9-15-45-27-33-51(39-54)66(50)63(44)45)72(68)69-56-17-2-5-20-59(56)74(71(67)69)53-36-48-30-24-42-12-8-13-43-25-31-49(37-53)65(48)62(42)43/h1-39,46,64H. The lowest BCUT2D eigenvalue weighted by atomic mass is 9.68. The summed E-state index contributed by atoms with van der Waals surface area (Å²) in [6.07, 6.45) is 14.6. The van der Waals surface area contributed by atoms with E-state index in [1.807, 2.05) is 0 Å². The Morgan fingerprint density at radius 3 is 1.21 bits per heavy atom. The Bertz CT molecular complexity index is 5120. The minimum atomic E-state index is 0.209. The predicted octanol–water partition coefficient (Wildman–Crippen LogP) is 19.0. The number of fused-ring (bicyclic) bond motifs is 12. The first-order valence-corrected chi connectivity index (χ1v) is 26.4. The molecule has 0 N–H and O–H groups in total. The molecule has 0 radical (unpaired) electrons. The van der Waals surface area contributed by atoms with Gasteiger partial charge < -0.3 is 13.7 Å². The van der Waals surface area contributed by atoms with Crippen LogP contribution >= 0.6 is 0 Å². The molecule has 2 atom stereocenters. The maximum atomic E-state index is 2.65. The van der Waals surface area contributed by atoms with E-state index in [2.05, 4.69) is 250 Å². The van der Waals surface area contributed by atoms with Gasteiger partial charge in [0.1, 0.15) is 0 Å². The lowest BCUT2D eigenvalue weighted by Crippen LogP contribution is -2.22. The molecule has 0 saturated heterocycles. The Balaban J connectivity index is 1.02. The van der Waals surface area contributed by atoms with Crippen molar-refractivity contribution in [2.24, 2.45) is 5.92 Å². The van der Waals surface area contributed by atoms with Crippen LogP contribution in [0.25, 0.3) is 159 Å². The van der Waals surface area contributed by atoms with Gasteiger partial charge in [-0.25, -0.2) is 0 Å². The molecule has 0 spiro atoms. The van der Waals surface area contributed by atoms with E-state index in [4.69, 9.17) is 0 Å². The number of allylic oxidation sites excluding steroid dienone is 6. The number of benzene rings is 13. The molecule has 3 aromatic heterocycles. The summed E-state index contributed by atoms with van der Waals surface area (Å²) in [4.78, 5) is 0. The van der Waals surface area contributed by atoms with E-state index in [0.717, 1.165) is 11.4 Å². The van der Waals surface area contributed by atoms with Crippen LogP contribution in [0.5, 0.6) is 0 Å². The predicted molar refractivity (Wildman–Crippen MR) is 319 cm³/mol. The third-order valence-corrected chi connectivity index (χ3v) is 17.9. The topological polar surface area (TPSA) is 14.8 Å². The van der Waals surface area contributed by atoms with Crippen molar-refractivity contribution in [2.45, 2.75) is 5.92 Å². The molecule has 13 aromatic carbocycles. The summed E-state index contributed by atoms with van der Waals surface area (Å²) in [5, 5.41) is 22.9. The summed E-state index contributed by atoms with van der Waals surface area (Å²) in [5.74, 6) is 0.492. The summed E-state index contributed by atoms with van der Waals surface area (Å²) in [6.45, 7) is 0. The highest BCUT2D eigenvalue weighted by Crippen LogP contribution is 2.54. The number of aromatic nitrogens is 3. The normalized spacial score (nSPS) is 16.3. The minimum Gasteiger partial charge on any atom is -0.309 e. The molecule has 16 aromatic rings.